The molecule has 0 unspecified atom stereocenters. The molecule has 0 aliphatic heterocycles. The number of phenolic OH excluding ortho intramolecular Hbond substituents is 1. The van der Waals surface area contributed by atoms with Gasteiger partial charge in [-0.25, -0.2) is 13.4 Å². The van der Waals surface area contributed by atoms with Gasteiger partial charge >= 0.3 is 0 Å². The molecule has 0 aliphatic rings. The van der Waals surface area contributed by atoms with E-state index in [1.165, 1.54) is 25.1 Å². The molecule has 2 N–H and O–H groups in total. The number of imidazole rings is 1. The number of nitrogens with zero attached hydrogens (tertiary/aromatic N) is 2. The maximum Gasteiger partial charge on any atom is 0.230 e. The topological polar surface area (TPSA) is 101 Å². The minimum atomic E-state index is -3.43. The number of hydrogen-bond donors (Lipinski definition) is 2. The lowest BCUT2D eigenvalue weighted by Crippen LogP contribution is -2.15. The number of rotatable bonds is 5. The first-order valence-electron chi connectivity index (χ1n) is 7.67. The third-order valence-electron chi connectivity index (χ3n) is 3.74. The van der Waals surface area contributed by atoms with Crippen LogP contribution in [0.3, 0.4) is 0 Å². The van der Waals surface area contributed by atoms with E-state index in [1.807, 2.05) is 24.4 Å². The van der Waals surface area contributed by atoms with E-state index < -0.39 is 15.7 Å². The van der Waals surface area contributed by atoms with Gasteiger partial charge in [0.25, 0.3) is 0 Å². The Balaban J connectivity index is 1.79. The van der Waals surface area contributed by atoms with Gasteiger partial charge in [-0.15, -0.1) is 0 Å². The van der Waals surface area contributed by atoms with Crippen molar-refractivity contribution >= 4 is 27.1 Å². The summed E-state index contributed by atoms with van der Waals surface area (Å²) in [5.74, 6) is -0.657. The fourth-order valence-electron chi connectivity index (χ4n) is 2.41. The smallest absolute Gasteiger partial charge is 0.230 e. The van der Waals surface area contributed by atoms with Crippen molar-refractivity contribution in [2.45, 2.75) is 18.2 Å². The van der Waals surface area contributed by atoms with E-state index in [0.717, 1.165) is 5.65 Å². The SMILES string of the molecule is CCS(=O)(=O)c1ccc(O)c(NC(=O)Cc2cn3ccccc3n2)c1. The molecule has 8 heteroatoms. The highest BCUT2D eigenvalue weighted by atomic mass is 32.2. The molecule has 0 atom stereocenters. The summed E-state index contributed by atoms with van der Waals surface area (Å²) in [6, 6.07) is 9.36. The summed E-state index contributed by atoms with van der Waals surface area (Å²) in [4.78, 5) is 16.6. The molecule has 0 saturated carbocycles. The lowest BCUT2D eigenvalue weighted by atomic mass is 10.2. The summed E-state index contributed by atoms with van der Waals surface area (Å²) in [7, 11) is -3.43. The largest absolute Gasteiger partial charge is 0.506 e. The molecule has 7 nitrogen and oxygen atoms in total. The Hall–Kier alpha value is -2.87. The number of fused-ring (bicyclic) bond motifs is 1. The quantitative estimate of drug-likeness (QED) is 0.679. The normalized spacial score (nSPS) is 11.6. The molecule has 0 saturated heterocycles. The van der Waals surface area contributed by atoms with Crippen molar-refractivity contribution in [3.8, 4) is 5.75 Å². The van der Waals surface area contributed by atoms with E-state index >= 15 is 0 Å². The van der Waals surface area contributed by atoms with E-state index in [9.17, 15) is 18.3 Å². The van der Waals surface area contributed by atoms with Crippen molar-refractivity contribution in [1.29, 1.82) is 0 Å². The molecular formula is C17H17N3O4S. The van der Waals surface area contributed by atoms with Crippen molar-refractivity contribution in [3.05, 3.63) is 54.5 Å². The summed E-state index contributed by atoms with van der Waals surface area (Å²) in [5, 5.41) is 12.4. The fraction of sp³-hybridized carbons (Fsp3) is 0.176. The predicted molar refractivity (Wildman–Crippen MR) is 93.4 cm³/mol. The van der Waals surface area contributed by atoms with Crippen LogP contribution in [0.25, 0.3) is 5.65 Å². The average molecular weight is 359 g/mol. The van der Waals surface area contributed by atoms with E-state index in [0.29, 0.717) is 5.69 Å². The van der Waals surface area contributed by atoms with Gasteiger partial charge in [-0.3, -0.25) is 4.79 Å². The van der Waals surface area contributed by atoms with Crippen LogP contribution in [0, 0.1) is 0 Å². The van der Waals surface area contributed by atoms with Crippen LogP contribution in [0.4, 0.5) is 5.69 Å². The molecule has 130 valence electrons. The number of phenols is 1. The number of nitrogens with one attached hydrogen (secondary N) is 1. The highest BCUT2D eigenvalue weighted by Gasteiger charge is 2.16. The van der Waals surface area contributed by atoms with Gasteiger partial charge in [0.1, 0.15) is 11.4 Å². The Morgan fingerprint density at radius 3 is 2.80 bits per heavy atom. The van der Waals surface area contributed by atoms with Crippen molar-refractivity contribution in [2.75, 3.05) is 11.1 Å². The van der Waals surface area contributed by atoms with Gasteiger partial charge in [0.15, 0.2) is 9.84 Å². The summed E-state index contributed by atoms with van der Waals surface area (Å²) in [6.07, 6.45) is 3.58. The van der Waals surface area contributed by atoms with Crippen LogP contribution in [0.2, 0.25) is 0 Å². The number of aromatic hydroxyl groups is 1. The first-order valence-corrected chi connectivity index (χ1v) is 9.32. The van der Waals surface area contributed by atoms with Gasteiger partial charge in [0.2, 0.25) is 5.91 Å². The van der Waals surface area contributed by atoms with Crippen LogP contribution in [-0.4, -0.2) is 34.6 Å². The molecule has 2 aromatic heterocycles. The van der Waals surface area contributed by atoms with Crippen molar-refractivity contribution in [3.63, 3.8) is 0 Å². The first-order chi connectivity index (χ1) is 11.9. The molecular weight excluding hydrogens is 342 g/mol. The molecule has 0 spiro atoms. The number of benzene rings is 1. The highest BCUT2D eigenvalue weighted by Crippen LogP contribution is 2.27. The van der Waals surface area contributed by atoms with Crippen molar-refractivity contribution in [2.24, 2.45) is 0 Å². The Labute approximate surface area is 144 Å². The van der Waals surface area contributed by atoms with Gasteiger partial charge in [-0.2, -0.15) is 0 Å². The van der Waals surface area contributed by atoms with Crippen molar-refractivity contribution < 1.29 is 18.3 Å². The summed E-state index contributed by atoms with van der Waals surface area (Å²) in [5.41, 5.74) is 1.35. The molecule has 3 aromatic rings. The number of carbonyl (C=O) groups is 1. The Kier molecular flexibility index (Phi) is 4.45. The van der Waals surface area contributed by atoms with Crippen LogP contribution in [0.1, 0.15) is 12.6 Å². The zero-order chi connectivity index (χ0) is 18.0. The second kappa shape index (κ2) is 6.56. The van der Waals surface area contributed by atoms with E-state index in [-0.39, 0.29) is 28.5 Å². The molecule has 25 heavy (non-hydrogen) atoms. The summed E-state index contributed by atoms with van der Waals surface area (Å²) < 4.78 is 25.7. The lowest BCUT2D eigenvalue weighted by Gasteiger charge is -2.09. The zero-order valence-electron chi connectivity index (χ0n) is 13.5. The van der Waals surface area contributed by atoms with Crippen LogP contribution < -0.4 is 5.32 Å². The molecule has 3 rings (SSSR count). The van der Waals surface area contributed by atoms with E-state index in [2.05, 4.69) is 10.3 Å². The van der Waals surface area contributed by atoms with Crippen LogP contribution in [0.5, 0.6) is 5.75 Å². The Morgan fingerprint density at radius 1 is 1.28 bits per heavy atom. The van der Waals surface area contributed by atoms with Gasteiger partial charge in [0, 0.05) is 12.4 Å². The lowest BCUT2D eigenvalue weighted by molar-refractivity contribution is -0.115. The Morgan fingerprint density at radius 2 is 2.08 bits per heavy atom. The molecule has 0 fully saturated rings. The molecule has 1 amide bonds. The maximum absolute atomic E-state index is 12.2. The summed E-state index contributed by atoms with van der Waals surface area (Å²) in [6.45, 7) is 1.53. The molecule has 1 aromatic carbocycles. The average Bonchev–Trinajstić information content (AvgIpc) is 2.98. The number of hydrogen-bond acceptors (Lipinski definition) is 5. The number of amides is 1. The van der Waals surface area contributed by atoms with E-state index in [4.69, 9.17) is 0 Å². The zero-order valence-corrected chi connectivity index (χ0v) is 14.3. The number of carbonyl (C=O) groups excluding carboxylic acids is 1. The summed E-state index contributed by atoms with van der Waals surface area (Å²) >= 11 is 0. The number of pyridine rings is 1. The highest BCUT2D eigenvalue weighted by molar-refractivity contribution is 7.91. The monoisotopic (exact) mass is 359 g/mol. The van der Waals surface area contributed by atoms with Crippen molar-refractivity contribution in [1.82, 2.24) is 9.38 Å². The predicted octanol–water partition coefficient (Wildman–Crippen LogP) is 2.01. The number of aromatic nitrogens is 2. The second-order valence-corrected chi connectivity index (χ2v) is 7.78. The van der Waals surface area contributed by atoms with Gasteiger partial charge in [-0.05, 0) is 30.3 Å². The van der Waals surface area contributed by atoms with E-state index in [1.54, 1.807) is 10.6 Å². The molecule has 0 radical (unpaired) electrons. The maximum atomic E-state index is 12.2. The first kappa shape index (κ1) is 17.0. The van der Waals surface area contributed by atoms with Gasteiger partial charge in [-0.1, -0.05) is 13.0 Å². The van der Waals surface area contributed by atoms with Crippen LogP contribution in [0.15, 0.2) is 53.7 Å². The third-order valence-corrected chi connectivity index (χ3v) is 5.47. The van der Waals surface area contributed by atoms with Crippen LogP contribution >= 0.6 is 0 Å². The van der Waals surface area contributed by atoms with Gasteiger partial charge in [0.05, 0.1) is 28.5 Å². The second-order valence-electron chi connectivity index (χ2n) is 5.51. The third kappa shape index (κ3) is 3.63. The number of sulfone groups is 1. The minimum Gasteiger partial charge on any atom is -0.506 e. The Bertz CT molecular complexity index is 1010. The number of anilines is 1. The standard InChI is InChI=1S/C17H17N3O4S/c1-2-25(23,24)13-6-7-15(21)14(10-13)19-17(22)9-12-11-20-8-4-3-5-16(20)18-12/h3-8,10-11,21H,2,9H2,1H3,(H,19,22). The molecule has 0 aliphatic carbocycles. The molecule has 2 heterocycles. The van der Waals surface area contributed by atoms with Gasteiger partial charge < -0.3 is 14.8 Å². The molecule has 0 bridgehead atoms. The van der Waals surface area contributed by atoms with Crippen LogP contribution in [-0.2, 0) is 21.1 Å². The minimum absolute atomic E-state index is 0.00583. The fourth-order valence-corrected chi connectivity index (χ4v) is 3.31.